The Morgan fingerprint density at radius 2 is 2.54 bits per heavy atom. The Bertz CT molecular complexity index is 370. The lowest BCUT2D eigenvalue weighted by molar-refractivity contribution is 0.977. The molecule has 0 fully saturated rings. The van der Waals surface area contributed by atoms with E-state index in [-0.39, 0.29) is 0 Å². The van der Waals surface area contributed by atoms with Gasteiger partial charge in [-0.3, -0.25) is 5.10 Å². The van der Waals surface area contributed by atoms with Gasteiger partial charge in [0.15, 0.2) is 0 Å². The Kier molecular flexibility index (Phi) is 2.60. The zero-order valence-electron chi connectivity index (χ0n) is 6.62. The van der Waals surface area contributed by atoms with Crippen LogP contribution in [0.4, 0.5) is 5.00 Å². The van der Waals surface area contributed by atoms with E-state index in [0.29, 0.717) is 0 Å². The van der Waals surface area contributed by atoms with Crippen molar-refractivity contribution >= 4 is 32.5 Å². The number of nitrogens with zero attached hydrogens (tertiary/aromatic N) is 2. The van der Waals surface area contributed by atoms with Gasteiger partial charge in [0.05, 0.1) is 12.2 Å². The van der Waals surface area contributed by atoms with Crippen LogP contribution < -0.4 is 5.32 Å². The van der Waals surface area contributed by atoms with Crippen molar-refractivity contribution in [2.75, 3.05) is 5.32 Å². The average Bonchev–Trinajstić information content (AvgIpc) is 2.71. The van der Waals surface area contributed by atoms with Gasteiger partial charge in [-0.05, 0) is 39.6 Å². The van der Waals surface area contributed by atoms with Crippen LogP contribution in [-0.2, 0) is 6.54 Å². The van der Waals surface area contributed by atoms with Gasteiger partial charge < -0.3 is 5.32 Å². The van der Waals surface area contributed by atoms with Gasteiger partial charge in [-0.2, -0.15) is 9.47 Å². The molecule has 4 nitrogen and oxygen atoms in total. The Morgan fingerprint density at radius 1 is 1.62 bits per heavy atom. The first-order chi connectivity index (χ1) is 6.34. The third-order valence-corrected chi connectivity index (χ3v) is 2.60. The van der Waals surface area contributed by atoms with Gasteiger partial charge in [0.1, 0.15) is 9.60 Å². The topological polar surface area (TPSA) is 53.6 Å². The summed E-state index contributed by atoms with van der Waals surface area (Å²) < 4.78 is 4.81. The minimum atomic E-state index is 0.737. The second-order valence-electron chi connectivity index (χ2n) is 2.45. The second-order valence-corrected chi connectivity index (χ2v) is 4.09. The maximum Gasteiger partial charge on any atom is 0.128 e. The third-order valence-electron chi connectivity index (χ3n) is 1.49. The highest BCUT2D eigenvalue weighted by Gasteiger charge is 1.98. The lowest BCUT2D eigenvalue weighted by atomic mass is 10.4. The maximum absolute atomic E-state index is 3.98. The molecule has 0 atom stereocenters. The first-order valence-electron chi connectivity index (χ1n) is 3.69. The van der Waals surface area contributed by atoms with Crippen molar-refractivity contribution in [1.82, 2.24) is 14.6 Å². The zero-order valence-corrected chi connectivity index (χ0v) is 9.02. The van der Waals surface area contributed by atoms with Gasteiger partial charge >= 0.3 is 0 Å². The molecule has 0 aliphatic heterocycles. The molecule has 6 heteroatoms. The van der Waals surface area contributed by atoms with Crippen LogP contribution in [0.15, 0.2) is 22.9 Å². The van der Waals surface area contributed by atoms with Crippen molar-refractivity contribution in [3.05, 3.63) is 28.6 Å². The van der Waals surface area contributed by atoms with Gasteiger partial charge in [-0.1, -0.05) is 0 Å². The average molecular weight is 259 g/mol. The molecule has 0 unspecified atom stereocenters. The minimum Gasteiger partial charge on any atom is -0.370 e. The predicted octanol–water partition coefficient (Wildman–Crippen LogP) is 2.24. The number of aromatic nitrogens is 3. The van der Waals surface area contributed by atoms with Crippen molar-refractivity contribution in [3.63, 3.8) is 0 Å². The van der Waals surface area contributed by atoms with E-state index in [0.717, 1.165) is 21.8 Å². The fourth-order valence-electron chi connectivity index (χ4n) is 0.913. The molecule has 0 amide bonds. The van der Waals surface area contributed by atoms with E-state index < -0.39 is 0 Å². The van der Waals surface area contributed by atoms with Crippen molar-refractivity contribution in [3.8, 4) is 0 Å². The molecule has 2 rings (SSSR count). The van der Waals surface area contributed by atoms with Gasteiger partial charge in [-0.15, -0.1) is 0 Å². The van der Waals surface area contributed by atoms with E-state index >= 15 is 0 Å². The Labute approximate surface area is 87.7 Å². The zero-order chi connectivity index (χ0) is 9.10. The quantitative estimate of drug-likeness (QED) is 0.888. The molecule has 68 valence electrons. The van der Waals surface area contributed by atoms with Crippen LogP contribution in [0.3, 0.4) is 0 Å². The fourth-order valence-corrected chi connectivity index (χ4v) is 1.77. The number of anilines is 1. The van der Waals surface area contributed by atoms with Crippen LogP contribution in [0.1, 0.15) is 5.69 Å². The van der Waals surface area contributed by atoms with E-state index in [9.17, 15) is 0 Å². The van der Waals surface area contributed by atoms with E-state index in [2.05, 4.69) is 35.8 Å². The number of hydrogen-bond donors (Lipinski definition) is 2. The van der Waals surface area contributed by atoms with E-state index in [1.807, 2.05) is 12.1 Å². The molecule has 2 heterocycles. The molecular weight excluding hydrogens is 252 g/mol. The fraction of sp³-hybridized carbons (Fsp3) is 0.143. The minimum absolute atomic E-state index is 0.737. The third kappa shape index (κ3) is 2.28. The molecule has 2 aromatic heterocycles. The van der Waals surface area contributed by atoms with Crippen LogP contribution in [0, 0.1) is 0 Å². The molecule has 0 spiro atoms. The Balaban J connectivity index is 1.93. The highest BCUT2D eigenvalue weighted by Crippen LogP contribution is 2.13. The molecule has 0 aliphatic rings. The number of rotatable bonds is 3. The summed E-state index contributed by atoms with van der Waals surface area (Å²) in [7, 11) is 0. The first kappa shape index (κ1) is 8.71. The van der Waals surface area contributed by atoms with Gasteiger partial charge in [0, 0.05) is 6.20 Å². The van der Waals surface area contributed by atoms with Crippen LogP contribution >= 0.6 is 27.5 Å². The van der Waals surface area contributed by atoms with Crippen molar-refractivity contribution in [2.45, 2.75) is 6.54 Å². The van der Waals surface area contributed by atoms with Crippen LogP contribution in [0.25, 0.3) is 0 Å². The van der Waals surface area contributed by atoms with E-state index in [4.69, 9.17) is 0 Å². The number of hydrogen-bond acceptors (Lipinski definition) is 4. The number of halogens is 1. The SMILES string of the molecule is Brc1cc(CNc2ccns2)[nH]n1. The smallest absolute Gasteiger partial charge is 0.128 e. The Hall–Kier alpha value is -0.880. The molecule has 0 saturated heterocycles. The van der Waals surface area contributed by atoms with Crippen molar-refractivity contribution in [2.24, 2.45) is 0 Å². The van der Waals surface area contributed by atoms with Crippen LogP contribution in [0.5, 0.6) is 0 Å². The van der Waals surface area contributed by atoms with Gasteiger partial charge in [0.2, 0.25) is 0 Å². The molecule has 2 aromatic rings. The monoisotopic (exact) mass is 258 g/mol. The lowest BCUT2D eigenvalue weighted by Gasteiger charge is -1.98. The van der Waals surface area contributed by atoms with E-state index in [1.165, 1.54) is 11.5 Å². The maximum atomic E-state index is 3.98. The summed E-state index contributed by atoms with van der Waals surface area (Å²) >= 11 is 4.71. The predicted molar refractivity (Wildman–Crippen MR) is 55.7 cm³/mol. The molecule has 0 radical (unpaired) electrons. The molecule has 0 bridgehead atoms. The van der Waals surface area contributed by atoms with Crippen molar-refractivity contribution < 1.29 is 0 Å². The molecule has 0 saturated carbocycles. The molecule has 2 N–H and O–H groups in total. The summed E-state index contributed by atoms with van der Waals surface area (Å²) in [5, 5.41) is 11.1. The summed E-state index contributed by atoms with van der Waals surface area (Å²) in [4.78, 5) is 0. The van der Waals surface area contributed by atoms with Crippen LogP contribution in [0.2, 0.25) is 0 Å². The summed E-state index contributed by atoms with van der Waals surface area (Å²) in [6.45, 7) is 0.737. The van der Waals surface area contributed by atoms with Gasteiger partial charge in [-0.25, -0.2) is 0 Å². The standard InChI is InChI=1S/C7H7BrN4S/c8-6-3-5(11-12-6)4-9-7-1-2-10-13-7/h1-3,9H,4H2,(H,11,12). The normalized spacial score (nSPS) is 10.2. The first-order valence-corrected chi connectivity index (χ1v) is 5.25. The summed E-state index contributed by atoms with van der Waals surface area (Å²) in [5.41, 5.74) is 1.04. The van der Waals surface area contributed by atoms with Crippen LogP contribution in [-0.4, -0.2) is 14.6 Å². The second kappa shape index (κ2) is 3.89. The number of nitrogens with one attached hydrogen (secondary N) is 2. The molecular formula is C7H7BrN4S. The summed E-state index contributed by atoms with van der Waals surface area (Å²) in [5.74, 6) is 0. The van der Waals surface area contributed by atoms with Gasteiger partial charge in [0.25, 0.3) is 0 Å². The number of aromatic amines is 1. The molecule has 0 aliphatic carbocycles. The highest BCUT2D eigenvalue weighted by molar-refractivity contribution is 9.10. The summed E-state index contributed by atoms with van der Waals surface area (Å²) in [6, 6.07) is 3.88. The van der Waals surface area contributed by atoms with E-state index in [1.54, 1.807) is 6.20 Å². The lowest BCUT2D eigenvalue weighted by Crippen LogP contribution is -1.97. The van der Waals surface area contributed by atoms with Crippen molar-refractivity contribution in [1.29, 1.82) is 0 Å². The Morgan fingerprint density at radius 3 is 3.15 bits per heavy atom. The molecule has 13 heavy (non-hydrogen) atoms. The molecule has 0 aromatic carbocycles. The summed E-state index contributed by atoms with van der Waals surface area (Å²) in [6.07, 6.45) is 1.77. The largest absolute Gasteiger partial charge is 0.370 e. The highest BCUT2D eigenvalue weighted by atomic mass is 79.9. The number of H-pyrrole nitrogens is 1.